The summed E-state index contributed by atoms with van der Waals surface area (Å²) in [5.41, 5.74) is 1.89. The van der Waals surface area contributed by atoms with Crippen molar-refractivity contribution in [2.24, 2.45) is 11.8 Å². The quantitative estimate of drug-likeness (QED) is 0.770. The third-order valence-corrected chi connectivity index (χ3v) is 7.48. The lowest BCUT2D eigenvalue weighted by Crippen LogP contribution is -2.50. The second kappa shape index (κ2) is 8.56. The highest BCUT2D eigenvalue weighted by molar-refractivity contribution is 6.00. The van der Waals surface area contributed by atoms with Gasteiger partial charge in [-0.3, -0.25) is 14.6 Å². The van der Waals surface area contributed by atoms with Gasteiger partial charge in [0, 0.05) is 36.7 Å². The highest BCUT2D eigenvalue weighted by Crippen LogP contribution is 2.39. The van der Waals surface area contributed by atoms with Crippen LogP contribution in [-0.2, 0) is 16.0 Å². The standard InChI is InChI=1S/C24H31N5O3/c1-15-13-16-7-2-5-11-20(16)29(15)23(31)19-10-4-3-9-18(19)22(30)28-12-6-8-17(14-28)21-25-24(32)27-26-21/h2,5,7,11,15,17-19H,3-4,6,8-10,12-14H2,1H3,(H2,25,26,27,32). The summed E-state index contributed by atoms with van der Waals surface area (Å²) in [4.78, 5) is 45.5. The predicted octanol–water partition coefficient (Wildman–Crippen LogP) is 2.59. The Hall–Kier alpha value is -2.90. The van der Waals surface area contributed by atoms with Crippen LogP contribution in [0.2, 0.25) is 0 Å². The zero-order valence-electron chi connectivity index (χ0n) is 18.5. The molecule has 1 saturated carbocycles. The van der Waals surface area contributed by atoms with Crippen LogP contribution in [0.5, 0.6) is 0 Å². The van der Waals surface area contributed by atoms with Crippen LogP contribution in [0, 0.1) is 11.8 Å². The van der Waals surface area contributed by atoms with Crippen LogP contribution in [0.3, 0.4) is 0 Å². The van der Waals surface area contributed by atoms with Crippen molar-refractivity contribution in [3.63, 3.8) is 0 Å². The number of carbonyl (C=O) groups is 2. The maximum absolute atomic E-state index is 13.8. The second-order valence-corrected chi connectivity index (χ2v) is 9.57. The molecule has 0 spiro atoms. The molecule has 3 aliphatic rings. The molecule has 2 aromatic rings. The Morgan fingerprint density at radius 1 is 1.03 bits per heavy atom. The van der Waals surface area contributed by atoms with Crippen LogP contribution < -0.4 is 10.6 Å². The van der Waals surface area contributed by atoms with Crippen molar-refractivity contribution in [1.82, 2.24) is 20.1 Å². The second-order valence-electron chi connectivity index (χ2n) is 9.57. The predicted molar refractivity (Wildman–Crippen MR) is 120 cm³/mol. The van der Waals surface area contributed by atoms with Crippen molar-refractivity contribution < 1.29 is 9.59 Å². The van der Waals surface area contributed by atoms with Crippen LogP contribution in [0.25, 0.3) is 0 Å². The molecule has 2 aliphatic heterocycles. The Bertz CT molecular complexity index is 1060. The van der Waals surface area contributed by atoms with Crippen LogP contribution in [0.4, 0.5) is 5.69 Å². The Labute approximate surface area is 187 Å². The smallest absolute Gasteiger partial charge is 0.340 e. The van der Waals surface area contributed by atoms with E-state index in [4.69, 9.17) is 0 Å². The van der Waals surface area contributed by atoms with Crippen LogP contribution in [0.1, 0.15) is 62.8 Å². The Kier molecular flexibility index (Phi) is 5.61. The fourth-order valence-corrected chi connectivity index (χ4v) is 5.91. The molecule has 2 amide bonds. The van der Waals surface area contributed by atoms with Gasteiger partial charge in [0.1, 0.15) is 5.82 Å². The van der Waals surface area contributed by atoms with Crippen molar-refractivity contribution >= 4 is 17.5 Å². The number of hydrogen-bond donors (Lipinski definition) is 2. The molecule has 170 valence electrons. The molecule has 5 rings (SSSR count). The number of benzene rings is 1. The summed E-state index contributed by atoms with van der Waals surface area (Å²) >= 11 is 0. The number of carbonyl (C=O) groups excluding carboxylic acids is 2. The number of aromatic nitrogens is 3. The summed E-state index contributed by atoms with van der Waals surface area (Å²) in [5.74, 6) is 0.293. The van der Waals surface area contributed by atoms with Gasteiger partial charge in [-0.15, -0.1) is 0 Å². The molecular weight excluding hydrogens is 406 g/mol. The molecule has 1 saturated heterocycles. The fourth-order valence-electron chi connectivity index (χ4n) is 5.91. The first-order valence-electron chi connectivity index (χ1n) is 11.9. The number of para-hydroxylation sites is 1. The molecule has 2 fully saturated rings. The fraction of sp³-hybridized carbons (Fsp3) is 0.583. The van der Waals surface area contributed by atoms with Gasteiger partial charge in [0.05, 0.1) is 5.92 Å². The van der Waals surface area contributed by atoms with Gasteiger partial charge in [-0.25, -0.2) is 9.89 Å². The van der Waals surface area contributed by atoms with Gasteiger partial charge in [-0.05, 0) is 50.7 Å². The Morgan fingerprint density at radius 2 is 1.78 bits per heavy atom. The van der Waals surface area contributed by atoms with Crippen molar-refractivity contribution in [2.75, 3.05) is 18.0 Å². The highest BCUT2D eigenvalue weighted by Gasteiger charge is 2.43. The molecular formula is C24H31N5O3. The number of aromatic amines is 2. The summed E-state index contributed by atoms with van der Waals surface area (Å²) in [6.45, 7) is 3.34. The third-order valence-electron chi connectivity index (χ3n) is 7.48. The number of amides is 2. The lowest BCUT2D eigenvalue weighted by molar-refractivity contribution is -0.144. The Balaban J connectivity index is 1.34. The largest absolute Gasteiger partial charge is 0.342 e. The van der Waals surface area contributed by atoms with Crippen molar-refractivity contribution in [2.45, 2.75) is 63.8 Å². The number of nitrogens with zero attached hydrogens (tertiary/aromatic N) is 3. The molecule has 2 N–H and O–H groups in total. The first-order valence-corrected chi connectivity index (χ1v) is 11.9. The van der Waals surface area contributed by atoms with E-state index in [9.17, 15) is 14.4 Å². The molecule has 0 bridgehead atoms. The molecule has 1 aliphatic carbocycles. The van der Waals surface area contributed by atoms with E-state index in [1.54, 1.807) is 0 Å². The van der Waals surface area contributed by atoms with Crippen molar-refractivity contribution in [1.29, 1.82) is 0 Å². The molecule has 1 aromatic heterocycles. The minimum atomic E-state index is -0.318. The normalized spacial score (nSPS) is 27.9. The molecule has 8 nitrogen and oxygen atoms in total. The molecule has 1 aromatic carbocycles. The molecule has 4 unspecified atom stereocenters. The summed E-state index contributed by atoms with van der Waals surface area (Å²) in [6, 6.07) is 8.24. The number of hydrogen-bond acceptors (Lipinski definition) is 4. The van der Waals surface area contributed by atoms with E-state index in [0.29, 0.717) is 18.9 Å². The summed E-state index contributed by atoms with van der Waals surface area (Å²) < 4.78 is 0. The number of rotatable bonds is 3. The number of anilines is 1. The third kappa shape index (κ3) is 3.76. The minimum Gasteiger partial charge on any atom is -0.342 e. The van der Waals surface area contributed by atoms with Gasteiger partial charge >= 0.3 is 5.69 Å². The van der Waals surface area contributed by atoms with E-state index in [-0.39, 0.29) is 41.3 Å². The van der Waals surface area contributed by atoms with Crippen LogP contribution in [0.15, 0.2) is 29.1 Å². The van der Waals surface area contributed by atoms with E-state index < -0.39 is 0 Å². The van der Waals surface area contributed by atoms with Crippen molar-refractivity contribution in [3.05, 3.63) is 46.1 Å². The van der Waals surface area contributed by atoms with E-state index in [0.717, 1.165) is 50.6 Å². The lowest BCUT2D eigenvalue weighted by Gasteiger charge is -2.39. The number of fused-ring (bicyclic) bond motifs is 1. The first-order chi connectivity index (χ1) is 15.5. The summed E-state index contributed by atoms with van der Waals surface area (Å²) in [7, 11) is 0. The monoisotopic (exact) mass is 437 g/mol. The summed E-state index contributed by atoms with van der Waals surface area (Å²) in [5, 5.41) is 6.50. The number of H-pyrrole nitrogens is 2. The average molecular weight is 438 g/mol. The van der Waals surface area contributed by atoms with Gasteiger partial charge < -0.3 is 9.80 Å². The van der Waals surface area contributed by atoms with Gasteiger partial charge in [-0.2, -0.15) is 5.10 Å². The van der Waals surface area contributed by atoms with Gasteiger partial charge in [0.15, 0.2) is 0 Å². The molecule has 3 heterocycles. The molecule has 0 radical (unpaired) electrons. The highest BCUT2D eigenvalue weighted by atomic mass is 16.2. The number of piperidine rings is 1. The number of nitrogens with one attached hydrogen (secondary N) is 2. The minimum absolute atomic E-state index is 0.0230. The SMILES string of the molecule is CC1Cc2ccccc2N1C(=O)C1CCCCC1C(=O)N1CCCC(c2n[nH]c(=O)[nH]2)C1. The molecule has 32 heavy (non-hydrogen) atoms. The van der Waals surface area contributed by atoms with E-state index in [1.807, 2.05) is 28.0 Å². The Morgan fingerprint density at radius 3 is 2.53 bits per heavy atom. The zero-order chi connectivity index (χ0) is 22.2. The van der Waals surface area contributed by atoms with Gasteiger partial charge in [0.2, 0.25) is 11.8 Å². The van der Waals surface area contributed by atoms with Crippen LogP contribution in [-0.4, -0.2) is 51.0 Å². The maximum atomic E-state index is 13.8. The first kappa shape index (κ1) is 21.0. The van der Waals surface area contributed by atoms with Gasteiger partial charge in [0.25, 0.3) is 0 Å². The number of likely N-dealkylation sites (tertiary alicyclic amines) is 1. The average Bonchev–Trinajstić information content (AvgIpc) is 3.40. The van der Waals surface area contributed by atoms with Gasteiger partial charge in [-0.1, -0.05) is 31.0 Å². The van der Waals surface area contributed by atoms with Crippen molar-refractivity contribution in [3.8, 4) is 0 Å². The lowest BCUT2D eigenvalue weighted by atomic mass is 9.77. The van der Waals surface area contributed by atoms with Crippen LogP contribution >= 0.6 is 0 Å². The maximum Gasteiger partial charge on any atom is 0.340 e. The molecule has 8 heteroatoms. The van der Waals surface area contributed by atoms with E-state index in [1.165, 1.54) is 5.56 Å². The molecule has 4 atom stereocenters. The zero-order valence-corrected chi connectivity index (χ0v) is 18.5. The topological polar surface area (TPSA) is 102 Å². The summed E-state index contributed by atoms with van der Waals surface area (Å²) in [6.07, 6.45) is 6.12. The van der Waals surface area contributed by atoms with E-state index in [2.05, 4.69) is 28.2 Å². The van der Waals surface area contributed by atoms with E-state index >= 15 is 0 Å².